The number of benzene rings is 3. The molecule has 0 saturated carbocycles. The van der Waals surface area contributed by atoms with E-state index >= 15 is 0 Å². The first-order valence-electron chi connectivity index (χ1n) is 7.54. The minimum Gasteiger partial charge on any atom is -0.322 e. The minimum atomic E-state index is -3.82. The molecule has 0 heterocycles. The zero-order chi connectivity index (χ0) is 17.9. The van der Waals surface area contributed by atoms with Crippen LogP contribution in [0.3, 0.4) is 0 Å². The predicted octanol–water partition coefficient (Wildman–Crippen LogP) is 3.25. The van der Waals surface area contributed by atoms with E-state index in [9.17, 15) is 13.2 Å². The highest BCUT2D eigenvalue weighted by molar-refractivity contribution is 7.89. The van der Waals surface area contributed by atoms with E-state index in [0.29, 0.717) is 22.4 Å². The first-order chi connectivity index (χ1) is 11.9. The molecular formula is C19H16N2O3S. The Bertz CT molecular complexity index is 998. The number of amides is 1. The summed E-state index contributed by atoms with van der Waals surface area (Å²) >= 11 is 0. The zero-order valence-corrected chi connectivity index (χ0v) is 14.0. The lowest BCUT2D eigenvalue weighted by Gasteiger charge is -2.09. The van der Waals surface area contributed by atoms with Gasteiger partial charge in [-0.2, -0.15) is 0 Å². The third kappa shape index (κ3) is 3.93. The summed E-state index contributed by atoms with van der Waals surface area (Å²) < 4.78 is 23.4. The van der Waals surface area contributed by atoms with Crippen LogP contribution in [0.4, 0.5) is 5.69 Å². The monoisotopic (exact) mass is 352 g/mol. The zero-order valence-electron chi connectivity index (χ0n) is 13.2. The Labute approximate surface area is 146 Å². The molecule has 3 aromatic rings. The van der Waals surface area contributed by atoms with E-state index in [4.69, 9.17) is 5.14 Å². The average molecular weight is 352 g/mol. The molecule has 6 heteroatoms. The second kappa shape index (κ2) is 6.88. The third-order valence-electron chi connectivity index (χ3n) is 3.68. The average Bonchev–Trinajstić information content (AvgIpc) is 2.62. The quantitative estimate of drug-likeness (QED) is 0.755. The molecule has 0 aliphatic heterocycles. The smallest absolute Gasteiger partial charge is 0.255 e. The first-order valence-corrected chi connectivity index (χ1v) is 9.08. The molecule has 3 rings (SSSR count). The fourth-order valence-corrected chi connectivity index (χ4v) is 3.24. The van der Waals surface area contributed by atoms with Crippen LogP contribution in [0, 0.1) is 0 Å². The molecule has 0 saturated heterocycles. The van der Waals surface area contributed by atoms with Crippen molar-refractivity contribution in [3.8, 4) is 11.1 Å². The van der Waals surface area contributed by atoms with Gasteiger partial charge in [-0.1, -0.05) is 48.5 Å². The van der Waals surface area contributed by atoms with Crippen molar-refractivity contribution in [3.63, 3.8) is 0 Å². The summed E-state index contributed by atoms with van der Waals surface area (Å²) in [5, 5.41) is 8.07. The van der Waals surface area contributed by atoms with Gasteiger partial charge in [-0.05, 0) is 35.9 Å². The summed E-state index contributed by atoms with van der Waals surface area (Å²) in [6.45, 7) is 0. The SMILES string of the molecule is NS(=O)(=O)c1ccccc1-c1ccc(NC(=O)c2ccccc2)cc1. The van der Waals surface area contributed by atoms with Crippen LogP contribution in [0.25, 0.3) is 11.1 Å². The van der Waals surface area contributed by atoms with Crippen molar-refractivity contribution in [3.05, 3.63) is 84.4 Å². The molecule has 0 bridgehead atoms. The number of primary sulfonamides is 1. The third-order valence-corrected chi connectivity index (χ3v) is 4.65. The van der Waals surface area contributed by atoms with Gasteiger partial charge in [-0.15, -0.1) is 0 Å². The number of hydrogen-bond donors (Lipinski definition) is 2. The lowest BCUT2D eigenvalue weighted by Crippen LogP contribution is -2.13. The molecule has 0 aliphatic carbocycles. The summed E-state index contributed by atoms with van der Waals surface area (Å²) in [4.78, 5) is 12.2. The van der Waals surface area contributed by atoms with Gasteiger partial charge < -0.3 is 5.32 Å². The molecule has 0 radical (unpaired) electrons. The molecule has 1 amide bonds. The molecule has 0 atom stereocenters. The van der Waals surface area contributed by atoms with Crippen molar-refractivity contribution in [2.45, 2.75) is 4.90 Å². The summed E-state index contributed by atoms with van der Waals surface area (Å²) in [6, 6.07) is 22.3. The number of carbonyl (C=O) groups is 1. The predicted molar refractivity (Wildman–Crippen MR) is 97.6 cm³/mol. The van der Waals surface area contributed by atoms with E-state index in [1.807, 2.05) is 6.07 Å². The summed E-state index contributed by atoms with van der Waals surface area (Å²) in [5.74, 6) is -0.210. The maximum absolute atomic E-state index is 12.1. The molecule has 5 nitrogen and oxygen atoms in total. The Morgan fingerprint density at radius 1 is 0.800 bits per heavy atom. The van der Waals surface area contributed by atoms with Crippen molar-refractivity contribution in [1.29, 1.82) is 0 Å². The van der Waals surface area contributed by atoms with Gasteiger partial charge in [0.25, 0.3) is 5.91 Å². The fraction of sp³-hybridized carbons (Fsp3) is 0. The molecule has 0 aromatic heterocycles. The minimum absolute atomic E-state index is 0.0658. The van der Waals surface area contributed by atoms with E-state index < -0.39 is 10.0 Å². The Morgan fingerprint density at radius 3 is 2.04 bits per heavy atom. The molecule has 126 valence electrons. The van der Waals surface area contributed by atoms with E-state index in [1.54, 1.807) is 66.7 Å². The van der Waals surface area contributed by atoms with Gasteiger partial charge in [-0.3, -0.25) is 4.79 Å². The van der Waals surface area contributed by atoms with Crippen LogP contribution < -0.4 is 10.5 Å². The van der Waals surface area contributed by atoms with Gasteiger partial charge in [0.05, 0.1) is 4.90 Å². The molecule has 0 unspecified atom stereocenters. The number of carbonyl (C=O) groups excluding carboxylic acids is 1. The highest BCUT2D eigenvalue weighted by atomic mass is 32.2. The normalized spacial score (nSPS) is 11.1. The fourth-order valence-electron chi connectivity index (χ4n) is 2.48. The molecule has 0 fully saturated rings. The van der Waals surface area contributed by atoms with Crippen LogP contribution in [0.2, 0.25) is 0 Å². The summed E-state index contributed by atoms with van der Waals surface area (Å²) in [7, 11) is -3.82. The van der Waals surface area contributed by atoms with Crippen molar-refractivity contribution < 1.29 is 13.2 Å². The lowest BCUT2D eigenvalue weighted by molar-refractivity contribution is 0.102. The number of anilines is 1. The Kier molecular flexibility index (Phi) is 4.65. The first kappa shape index (κ1) is 16.9. The van der Waals surface area contributed by atoms with Gasteiger partial charge in [0, 0.05) is 16.8 Å². The second-order valence-electron chi connectivity index (χ2n) is 5.44. The lowest BCUT2D eigenvalue weighted by atomic mass is 10.1. The topological polar surface area (TPSA) is 89.3 Å². The Morgan fingerprint density at radius 2 is 1.40 bits per heavy atom. The van der Waals surface area contributed by atoms with Crippen molar-refractivity contribution >= 4 is 21.6 Å². The number of nitrogens with one attached hydrogen (secondary N) is 1. The standard InChI is InChI=1S/C19H16N2O3S/c20-25(23,24)18-9-5-4-8-17(18)14-10-12-16(13-11-14)21-19(22)15-6-2-1-3-7-15/h1-13H,(H,21,22)(H2,20,23,24). The van der Waals surface area contributed by atoms with Crippen LogP contribution in [0.5, 0.6) is 0 Å². The van der Waals surface area contributed by atoms with Crippen molar-refractivity contribution in [2.24, 2.45) is 5.14 Å². The van der Waals surface area contributed by atoms with Gasteiger partial charge in [0.1, 0.15) is 0 Å². The number of sulfonamides is 1. The molecule has 3 aromatic carbocycles. The summed E-state index contributed by atoms with van der Waals surface area (Å²) in [5.41, 5.74) is 2.39. The second-order valence-corrected chi connectivity index (χ2v) is 6.97. The van der Waals surface area contributed by atoms with E-state index in [2.05, 4.69) is 5.32 Å². The molecule has 0 aliphatic rings. The maximum atomic E-state index is 12.1. The largest absolute Gasteiger partial charge is 0.322 e. The van der Waals surface area contributed by atoms with E-state index in [1.165, 1.54) is 6.07 Å². The number of nitrogens with two attached hydrogens (primary N) is 1. The van der Waals surface area contributed by atoms with Crippen molar-refractivity contribution in [2.75, 3.05) is 5.32 Å². The Hall–Kier alpha value is -2.96. The van der Waals surface area contributed by atoms with Crippen LogP contribution in [0.1, 0.15) is 10.4 Å². The molecular weight excluding hydrogens is 336 g/mol. The molecule has 0 spiro atoms. The maximum Gasteiger partial charge on any atom is 0.255 e. The Balaban J connectivity index is 1.86. The van der Waals surface area contributed by atoms with Gasteiger partial charge >= 0.3 is 0 Å². The van der Waals surface area contributed by atoms with Crippen LogP contribution in [-0.2, 0) is 10.0 Å². The van der Waals surface area contributed by atoms with Gasteiger partial charge in [0.15, 0.2) is 0 Å². The number of hydrogen-bond acceptors (Lipinski definition) is 3. The highest BCUT2D eigenvalue weighted by Gasteiger charge is 2.14. The van der Waals surface area contributed by atoms with Crippen LogP contribution in [-0.4, -0.2) is 14.3 Å². The molecule has 25 heavy (non-hydrogen) atoms. The van der Waals surface area contributed by atoms with Crippen LogP contribution in [0.15, 0.2) is 83.8 Å². The van der Waals surface area contributed by atoms with Crippen LogP contribution >= 0.6 is 0 Å². The van der Waals surface area contributed by atoms with Crippen molar-refractivity contribution in [1.82, 2.24) is 0 Å². The van der Waals surface area contributed by atoms with E-state index in [-0.39, 0.29) is 10.8 Å². The summed E-state index contributed by atoms with van der Waals surface area (Å²) in [6.07, 6.45) is 0. The number of rotatable bonds is 4. The van der Waals surface area contributed by atoms with Gasteiger partial charge in [-0.25, -0.2) is 13.6 Å². The van der Waals surface area contributed by atoms with E-state index in [0.717, 1.165) is 0 Å². The molecule has 3 N–H and O–H groups in total. The highest BCUT2D eigenvalue weighted by Crippen LogP contribution is 2.27. The van der Waals surface area contributed by atoms with Gasteiger partial charge in [0.2, 0.25) is 10.0 Å².